The third kappa shape index (κ3) is 6.28. The molecular formula is C27H32N2O6S. The fraction of sp³-hybridized carbons (Fsp3) is 0.296. The number of ether oxygens (including phenoxy) is 3. The van der Waals surface area contributed by atoms with E-state index in [2.05, 4.69) is 5.32 Å². The van der Waals surface area contributed by atoms with Gasteiger partial charge in [0.15, 0.2) is 0 Å². The Labute approximate surface area is 212 Å². The molecule has 0 aliphatic carbocycles. The van der Waals surface area contributed by atoms with Gasteiger partial charge in [-0.3, -0.25) is 9.10 Å². The lowest BCUT2D eigenvalue weighted by Gasteiger charge is -2.26. The van der Waals surface area contributed by atoms with Gasteiger partial charge in [-0.25, -0.2) is 8.42 Å². The summed E-state index contributed by atoms with van der Waals surface area (Å²) in [6, 6.07) is 17.9. The summed E-state index contributed by atoms with van der Waals surface area (Å²) < 4.78 is 44.5. The first-order chi connectivity index (χ1) is 17.2. The highest BCUT2D eigenvalue weighted by atomic mass is 32.2. The Morgan fingerprint density at radius 2 is 1.58 bits per heavy atom. The summed E-state index contributed by atoms with van der Waals surface area (Å²) in [5.74, 6) is 1.33. The Morgan fingerprint density at radius 3 is 2.17 bits per heavy atom. The molecule has 0 unspecified atom stereocenters. The highest BCUT2D eigenvalue weighted by Crippen LogP contribution is 2.30. The molecule has 0 saturated heterocycles. The average molecular weight is 513 g/mol. The molecule has 9 heteroatoms. The fourth-order valence-corrected chi connectivity index (χ4v) is 5.12. The van der Waals surface area contributed by atoms with Crippen LogP contribution in [-0.2, 0) is 14.8 Å². The van der Waals surface area contributed by atoms with Gasteiger partial charge < -0.3 is 19.5 Å². The van der Waals surface area contributed by atoms with Crippen molar-refractivity contribution >= 4 is 21.6 Å². The molecule has 1 amide bonds. The van der Waals surface area contributed by atoms with Crippen molar-refractivity contribution in [1.29, 1.82) is 0 Å². The zero-order valence-electron chi connectivity index (χ0n) is 21.1. The van der Waals surface area contributed by atoms with Crippen molar-refractivity contribution in [3.8, 4) is 17.2 Å². The predicted octanol–water partition coefficient (Wildman–Crippen LogP) is 4.48. The van der Waals surface area contributed by atoms with Crippen LogP contribution in [0.3, 0.4) is 0 Å². The summed E-state index contributed by atoms with van der Waals surface area (Å²) >= 11 is 0. The number of anilines is 1. The molecule has 0 aliphatic heterocycles. The zero-order chi connectivity index (χ0) is 26.3. The molecule has 3 aromatic carbocycles. The second kappa shape index (κ2) is 11.8. The van der Waals surface area contributed by atoms with Crippen molar-refractivity contribution in [3.63, 3.8) is 0 Å². The van der Waals surface area contributed by atoms with Crippen LogP contribution in [-0.4, -0.2) is 41.7 Å². The number of nitrogens with zero attached hydrogens (tertiary/aromatic N) is 1. The van der Waals surface area contributed by atoms with Crippen LogP contribution < -0.4 is 23.8 Å². The second-order valence-electron chi connectivity index (χ2n) is 8.15. The number of hydrogen-bond donors (Lipinski definition) is 1. The van der Waals surface area contributed by atoms with E-state index in [1.54, 1.807) is 75.7 Å². The lowest BCUT2D eigenvalue weighted by molar-refractivity contribution is -0.120. The van der Waals surface area contributed by atoms with Gasteiger partial charge in [0.1, 0.15) is 23.8 Å². The minimum absolute atomic E-state index is 0.0947. The summed E-state index contributed by atoms with van der Waals surface area (Å²) in [5, 5.41) is 2.88. The largest absolute Gasteiger partial charge is 0.497 e. The molecule has 0 heterocycles. The van der Waals surface area contributed by atoms with Gasteiger partial charge in [-0.2, -0.15) is 0 Å². The smallest absolute Gasteiger partial charge is 0.264 e. The van der Waals surface area contributed by atoms with E-state index in [4.69, 9.17) is 14.2 Å². The number of benzene rings is 3. The van der Waals surface area contributed by atoms with Crippen LogP contribution in [0.4, 0.5) is 5.69 Å². The quantitative estimate of drug-likeness (QED) is 0.407. The maximum atomic E-state index is 13.6. The normalized spacial score (nSPS) is 11.9. The van der Waals surface area contributed by atoms with Crippen molar-refractivity contribution in [2.24, 2.45) is 0 Å². The van der Waals surface area contributed by atoms with Crippen molar-refractivity contribution in [2.45, 2.75) is 31.7 Å². The Bertz CT molecular complexity index is 1270. The van der Waals surface area contributed by atoms with E-state index in [-0.39, 0.29) is 4.90 Å². The summed E-state index contributed by atoms with van der Waals surface area (Å²) in [5.41, 5.74) is 1.99. The standard InChI is InChI=1S/C27H32N2O6S/c1-6-35-22-11-9-21(10-12-22)29(36(31,32)24-14-7-19(2)8-15-24)18-27(30)28-20(3)25-17-23(33-4)13-16-26(25)34-5/h7-17,20H,6,18H2,1-5H3,(H,28,30)/t20-/m0/s1. The van der Waals surface area contributed by atoms with Crippen molar-refractivity contribution < 1.29 is 27.4 Å². The van der Waals surface area contributed by atoms with Crippen LogP contribution in [0.15, 0.2) is 71.6 Å². The Balaban J connectivity index is 1.91. The molecule has 0 aliphatic rings. The highest BCUT2D eigenvalue weighted by molar-refractivity contribution is 7.92. The van der Waals surface area contributed by atoms with E-state index in [1.165, 1.54) is 12.1 Å². The average Bonchev–Trinajstić information content (AvgIpc) is 2.87. The van der Waals surface area contributed by atoms with Crippen LogP contribution >= 0.6 is 0 Å². The molecule has 0 fully saturated rings. The Hall–Kier alpha value is -3.72. The molecule has 0 bridgehead atoms. The van der Waals surface area contributed by atoms with E-state index in [0.717, 1.165) is 9.87 Å². The minimum atomic E-state index is -4.03. The van der Waals surface area contributed by atoms with Gasteiger partial charge in [-0.05, 0) is 75.4 Å². The van der Waals surface area contributed by atoms with E-state index in [1.807, 2.05) is 13.8 Å². The summed E-state index contributed by atoms with van der Waals surface area (Å²) in [6.07, 6.45) is 0. The Morgan fingerprint density at radius 1 is 0.944 bits per heavy atom. The summed E-state index contributed by atoms with van der Waals surface area (Å²) in [7, 11) is -0.930. The van der Waals surface area contributed by atoms with Crippen molar-refractivity contribution in [3.05, 3.63) is 77.9 Å². The number of methoxy groups -OCH3 is 2. The Kier molecular flexibility index (Phi) is 8.82. The molecule has 8 nitrogen and oxygen atoms in total. The van der Waals surface area contributed by atoms with Crippen LogP contribution in [0, 0.1) is 6.92 Å². The lowest BCUT2D eigenvalue weighted by atomic mass is 10.1. The van der Waals surface area contributed by atoms with Gasteiger partial charge in [0, 0.05) is 5.56 Å². The SMILES string of the molecule is CCOc1ccc(N(CC(=O)N[C@@H](C)c2cc(OC)ccc2OC)S(=O)(=O)c2ccc(C)cc2)cc1. The number of sulfonamides is 1. The fourth-order valence-electron chi connectivity index (χ4n) is 3.70. The molecule has 36 heavy (non-hydrogen) atoms. The lowest BCUT2D eigenvalue weighted by Crippen LogP contribution is -2.41. The maximum absolute atomic E-state index is 13.6. The minimum Gasteiger partial charge on any atom is -0.497 e. The second-order valence-corrected chi connectivity index (χ2v) is 10.0. The first-order valence-corrected chi connectivity index (χ1v) is 13.0. The molecule has 0 radical (unpaired) electrons. The topological polar surface area (TPSA) is 94.2 Å². The molecule has 3 aromatic rings. The van der Waals surface area contributed by atoms with E-state index in [9.17, 15) is 13.2 Å². The number of amides is 1. The summed E-state index contributed by atoms with van der Waals surface area (Å²) in [6.45, 7) is 5.61. The van der Waals surface area contributed by atoms with Crippen LogP contribution in [0.25, 0.3) is 0 Å². The highest BCUT2D eigenvalue weighted by Gasteiger charge is 2.28. The molecule has 0 saturated carbocycles. The summed E-state index contributed by atoms with van der Waals surface area (Å²) in [4.78, 5) is 13.2. The zero-order valence-corrected chi connectivity index (χ0v) is 22.0. The van der Waals surface area contributed by atoms with E-state index >= 15 is 0 Å². The van der Waals surface area contributed by atoms with Gasteiger partial charge in [0.05, 0.1) is 37.5 Å². The number of hydrogen-bond acceptors (Lipinski definition) is 6. The third-order valence-electron chi connectivity index (χ3n) is 5.61. The number of rotatable bonds is 11. The number of carbonyl (C=O) groups is 1. The predicted molar refractivity (Wildman–Crippen MR) is 139 cm³/mol. The molecule has 192 valence electrons. The van der Waals surface area contributed by atoms with Crippen molar-refractivity contribution in [2.75, 3.05) is 31.7 Å². The van der Waals surface area contributed by atoms with Gasteiger partial charge in [0.2, 0.25) is 5.91 Å². The molecule has 0 aromatic heterocycles. The monoisotopic (exact) mass is 512 g/mol. The van der Waals surface area contributed by atoms with Crippen LogP contribution in [0.2, 0.25) is 0 Å². The molecular weight excluding hydrogens is 480 g/mol. The van der Waals surface area contributed by atoms with Crippen molar-refractivity contribution in [1.82, 2.24) is 5.32 Å². The first-order valence-electron chi connectivity index (χ1n) is 11.5. The molecule has 3 rings (SSSR count). The molecule has 0 spiro atoms. The van der Waals surface area contributed by atoms with Crippen LogP contribution in [0.5, 0.6) is 17.2 Å². The number of nitrogens with one attached hydrogen (secondary N) is 1. The number of aryl methyl sites for hydroxylation is 1. The number of carbonyl (C=O) groups excluding carboxylic acids is 1. The first kappa shape index (κ1) is 26.9. The van der Waals surface area contributed by atoms with Gasteiger partial charge in [-0.1, -0.05) is 17.7 Å². The van der Waals surface area contributed by atoms with Gasteiger partial charge >= 0.3 is 0 Å². The third-order valence-corrected chi connectivity index (χ3v) is 7.40. The van der Waals surface area contributed by atoms with Gasteiger partial charge in [-0.15, -0.1) is 0 Å². The van der Waals surface area contributed by atoms with Gasteiger partial charge in [0.25, 0.3) is 10.0 Å². The molecule has 1 N–H and O–H groups in total. The van der Waals surface area contributed by atoms with E-state index < -0.39 is 28.5 Å². The molecule has 1 atom stereocenters. The van der Waals surface area contributed by atoms with Crippen LogP contribution in [0.1, 0.15) is 31.0 Å². The van der Waals surface area contributed by atoms with E-state index in [0.29, 0.717) is 35.1 Å². The maximum Gasteiger partial charge on any atom is 0.264 e.